The minimum absolute atomic E-state index is 0.0529. The zero-order valence-electron chi connectivity index (χ0n) is 12.0. The Bertz CT molecular complexity index is 481. The van der Waals surface area contributed by atoms with Gasteiger partial charge in [-0.15, -0.1) is 0 Å². The van der Waals surface area contributed by atoms with Gasteiger partial charge in [-0.25, -0.2) is 0 Å². The maximum Gasteiger partial charge on any atom is 0.251 e. The highest BCUT2D eigenvalue weighted by atomic mass is 16.5. The van der Waals surface area contributed by atoms with E-state index >= 15 is 0 Å². The monoisotopic (exact) mass is 291 g/mol. The molecule has 3 N–H and O–H groups in total. The number of carbonyl (C=O) groups excluding carboxylic acids is 2. The molecule has 2 rings (SSSR count). The summed E-state index contributed by atoms with van der Waals surface area (Å²) in [4.78, 5) is 25.6. The van der Waals surface area contributed by atoms with Gasteiger partial charge >= 0.3 is 0 Å². The number of carbonyl (C=O) groups is 2. The topological polar surface area (TPSA) is 84.7 Å². The van der Waals surface area contributed by atoms with Crippen molar-refractivity contribution in [1.29, 1.82) is 0 Å². The molecule has 0 unspecified atom stereocenters. The maximum absolute atomic E-state index is 11.9. The molecule has 1 fully saturated rings. The van der Waals surface area contributed by atoms with E-state index in [1.165, 1.54) is 0 Å². The van der Waals surface area contributed by atoms with Crippen LogP contribution in [0.1, 0.15) is 22.3 Å². The third-order valence-electron chi connectivity index (χ3n) is 3.44. The van der Waals surface area contributed by atoms with Crippen LogP contribution < -0.4 is 11.1 Å². The molecule has 21 heavy (non-hydrogen) atoms. The van der Waals surface area contributed by atoms with Crippen LogP contribution in [0.5, 0.6) is 0 Å². The third kappa shape index (κ3) is 4.54. The van der Waals surface area contributed by atoms with Crippen LogP contribution in [0.4, 0.5) is 0 Å². The second-order valence-electron chi connectivity index (χ2n) is 4.90. The predicted octanol–water partition coefficient (Wildman–Crippen LogP) is 0.124. The van der Waals surface area contributed by atoms with Gasteiger partial charge in [0, 0.05) is 38.2 Å². The first-order chi connectivity index (χ1) is 10.2. The van der Waals surface area contributed by atoms with Crippen molar-refractivity contribution in [2.45, 2.75) is 13.0 Å². The first kappa shape index (κ1) is 15.5. The average molecular weight is 291 g/mol. The van der Waals surface area contributed by atoms with Gasteiger partial charge in [-0.05, 0) is 17.7 Å². The van der Waals surface area contributed by atoms with E-state index in [0.717, 1.165) is 5.56 Å². The van der Waals surface area contributed by atoms with Gasteiger partial charge in [-0.2, -0.15) is 0 Å². The third-order valence-corrected chi connectivity index (χ3v) is 3.44. The lowest BCUT2D eigenvalue weighted by Gasteiger charge is -2.26. The minimum Gasteiger partial charge on any atom is -0.378 e. The number of rotatable bonds is 5. The predicted molar refractivity (Wildman–Crippen MR) is 78.7 cm³/mol. The number of hydrogen-bond acceptors (Lipinski definition) is 4. The highest BCUT2D eigenvalue weighted by Crippen LogP contribution is 2.04. The highest BCUT2D eigenvalue weighted by molar-refractivity contribution is 5.94. The average Bonchev–Trinajstić information content (AvgIpc) is 2.55. The summed E-state index contributed by atoms with van der Waals surface area (Å²) in [7, 11) is 0. The van der Waals surface area contributed by atoms with Crippen molar-refractivity contribution in [3.8, 4) is 0 Å². The zero-order valence-corrected chi connectivity index (χ0v) is 12.0. The molecule has 0 spiro atoms. The number of nitrogens with zero attached hydrogens (tertiary/aromatic N) is 1. The first-order valence-electron chi connectivity index (χ1n) is 7.13. The molecule has 2 amide bonds. The van der Waals surface area contributed by atoms with Gasteiger partial charge in [0.1, 0.15) is 0 Å². The van der Waals surface area contributed by atoms with Gasteiger partial charge in [0.05, 0.1) is 13.2 Å². The van der Waals surface area contributed by atoms with Crippen LogP contribution >= 0.6 is 0 Å². The number of ether oxygens (including phenoxy) is 1. The lowest BCUT2D eigenvalue weighted by atomic mass is 10.1. The van der Waals surface area contributed by atoms with Gasteiger partial charge in [-0.1, -0.05) is 12.1 Å². The Hall–Kier alpha value is -1.92. The van der Waals surface area contributed by atoms with Gasteiger partial charge in [0.2, 0.25) is 5.91 Å². The summed E-state index contributed by atoms with van der Waals surface area (Å²) < 4.78 is 5.20. The second-order valence-corrected chi connectivity index (χ2v) is 4.90. The second kappa shape index (κ2) is 7.75. The SMILES string of the molecule is NCc1ccc(C(=O)NCCC(=O)N2CCOCC2)cc1. The van der Waals surface area contributed by atoms with Crippen LogP contribution in [-0.4, -0.2) is 49.6 Å². The quantitative estimate of drug-likeness (QED) is 0.807. The van der Waals surface area contributed by atoms with Crippen molar-refractivity contribution in [2.24, 2.45) is 5.73 Å². The molecule has 6 heteroatoms. The molecular formula is C15H21N3O3. The fourth-order valence-corrected chi connectivity index (χ4v) is 2.15. The summed E-state index contributed by atoms with van der Waals surface area (Å²) in [5.74, 6) is -0.120. The van der Waals surface area contributed by atoms with E-state index in [-0.39, 0.29) is 11.8 Å². The van der Waals surface area contributed by atoms with Crippen LogP contribution in [0.3, 0.4) is 0 Å². The number of nitrogens with one attached hydrogen (secondary N) is 1. The molecule has 0 bridgehead atoms. The fraction of sp³-hybridized carbons (Fsp3) is 0.467. The number of hydrogen-bond donors (Lipinski definition) is 2. The van der Waals surface area contributed by atoms with Crippen molar-refractivity contribution < 1.29 is 14.3 Å². The van der Waals surface area contributed by atoms with Crippen molar-refractivity contribution in [3.63, 3.8) is 0 Å². The number of nitrogens with two attached hydrogens (primary N) is 1. The first-order valence-corrected chi connectivity index (χ1v) is 7.13. The molecule has 0 aromatic heterocycles. The lowest BCUT2D eigenvalue weighted by molar-refractivity contribution is -0.135. The summed E-state index contributed by atoms with van der Waals surface area (Å²) in [5.41, 5.74) is 7.06. The molecule has 1 aliphatic rings. The molecule has 0 atom stereocenters. The molecule has 1 aliphatic heterocycles. The van der Waals surface area contributed by atoms with Crippen LogP contribution in [0.15, 0.2) is 24.3 Å². The highest BCUT2D eigenvalue weighted by Gasteiger charge is 2.16. The van der Waals surface area contributed by atoms with E-state index in [1.54, 1.807) is 17.0 Å². The van der Waals surface area contributed by atoms with Crippen molar-refractivity contribution >= 4 is 11.8 Å². The van der Waals surface area contributed by atoms with Gasteiger partial charge in [0.15, 0.2) is 0 Å². The van der Waals surface area contributed by atoms with Crippen molar-refractivity contribution in [3.05, 3.63) is 35.4 Å². The molecule has 6 nitrogen and oxygen atoms in total. The van der Waals surface area contributed by atoms with E-state index in [9.17, 15) is 9.59 Å². The van der Waals surface area contributed by atoms with E-state index in [0.29, 0.717) is 51.4 Å². The largest absolute Gasteiger partial charge is 0.378 e. The van der Waals surface area contributed by atoms with E-state index in [2.05, 4.69) is 5.32 Å². The van der Waals surface area contributed by atoms with E-state index < -0.39 is 0 Å². The number of morpholine rings is 1. The van der Waals surface area contributed by atoms with Gasteiger partial charge < -0.3 is 20.7 Å². The molecule has 1 heterocycles. The molecule has 114 valence electrons. The maximum atomic E-state index is 11.9. The Labute approximate surface area is 124 Å². The molecule has 1 aromatic carbocycles. The number of amides is 2. The summed E-state index contributed by atoms with van der Waals surface area (Å²) in [6.07, 6.45) is 0.312. The Morgan fingerprint density at radius 3 is 2.48 bits per heavy atom. The van der Waals surface area contributed by atoms with Crippen LogP contribution in [-0.2, 0) is 16.1 Å². The molecular weight excluding hydrogens is 270 g/mol. The standard InChI is InChI=1S/C15H21N3O3/c16-11-12-1-3-13(4-2-12)15(20)17-6-5-14(19)18-7-9-21-10-8-18/h1-4H,5-11,16H2,(H,17,20). The van der Waals surface area contributed by atoms with Crippen molar-refractivity contribution in [1.82, 2.24) is 10.2 Å². The fourth-order valence-electron chi connectivity index (χ4n) is 2.15. The molecule has 0 aliphatic carbocycles. The van der Waals surface area contributed by atoms with Gasteiger partial charge in [-0.3, -0.25) is 9.59 Å². The molecule has 0 saturated carbocycles. The molecule has 0 radical (unpaired) electrons. The van der Waals surface area contributed by atoms with E-state index in [4.69, 9.17) is 10.5 Å². The lowest BCUT2D eigenvalue weighted by Crippen LogP contribution is -2.42. The summed E-state index contributed by atoms with van der Waals surface area (Å²) in [5, 5.41) is 2.76. The Morgan fingerprint density at radius 2 is 1.86 bits per heavy atom. The molecule has 1 saturated heterocycles. The Kier molecular flexibility index (Phi) is 5.71. The summed E-state index contributed by atoms with van der Waals surface area (Å²) >= 11 is 0. The molecule has 1 aromatic rings. The smallest absolute Gasteiger partial charge is 0.251 e. The summed E-state index contributed by atoms with van der Waals surface area (Å²) in [6, 6.07) is 7.13. The van der Waals surface area contributed by atoms with E-state index in [1.807, 2.05) is 12.1 Å². The number of benzene rings is 1. The van der Waals surface area contributed by atoms with Crippen LogP contribution in [0, 0.1) is 0 Å². The van der Waals surface area contributed by atoms with Crippen molar-refractivity contribution in [2.75, 3.05) is 32.8 Å². The summed E-state index contributed by atoms with van der Waals surface area (Å²) in [6.45, 7) is 3.24. The van der Waals surface area contributed by atoms with Crippen LogP contribution in [0.25, 0.3) is 0 Å². The zero-order chi connectivity index (χ0) is 15.1. The van der Waals surface area contributed by atoms with Gasteiger partial charge in [0.25, 0.3) is 5.91 Å². The van der Waals surface area contributed by atoms with Crippen LogP contribution in [0.2, 0.25) is 0 Å². The normalized spacial score (nSPS) is 14.8. The Morgan fingerprint density at radius 1 is 1.19 bits per heavy atom. The minimum atomic E-state index is -0.173. The Balaban J connectivity index is 1.74.